The molecule has 1 N–H and O–H groups in total. The van der Waals surface area contributed by atoms with Gasteiger partial charge in [-0.25, -0.2) is 0 Å². The normalized spacial score (nSPS) is 16.6. The molecule has 4 heteroatoms. The second-order valence-corrected chi connectivity index (χ2v) is 5.91. The number of benzene rings is 1. The Balaban J connectivity index is 1.80. The summed E-state index contributed by atoms with van der Waals surface area (Å²) in [5.41, 5.74) is 1.89. The molecule has 1 unspecified atom stereocenters. The highest BCUT2D eigenvalue weighted by atomic mass is 35.5. The third-order valence-corrected chi connectivity index (χ3v) is 4.29. The molecule has 1 aliphatic carbocycles. The van der Waals surface area contributed by atoms with Crippen LogP contribution in [-0.4, -0.2) is 9.67 Å². The van der Waals surface area contributed by atoms with Gasteiger partial charge in [0.05, 0.1) is 6.10 Å². The van der Waals surface area contributed by atoms with E-state index >= 15 is 0 Å². The predicted octanol–water partition coefficient (Wildman–Crippen LogP) is 4.29. The average Bonchev–Trinajstić information content (AvgIpc) is 3.13. The van der Waals surface area contributed by atoms with Crippen molar-refractivity contribution < 1.29 is 5.11 Å². The fraction of sp³-hybridized carbons (Fsp3) is 0.333. The van der Waals surface area contributed by atoms with Gasteiger partial charge in [0, 0.05) is 34.5 Å². The quantitative estimate of drug-likeness (QED) is 0.894. The van der Waals surface area contributed by atoms with Crippen LogP contribution in [-0.2, 0) is 6.54 Å². The smallest absolute Gasteiger partial charge is 0.0832 e. The van der Waals surface area contributed by atoms with E-state index in [1.807, 2.05) is 41.2 Å². The van der Waals surface area contributed by atoms with Gasteiger partial charge < -0.3 is 9.67 Å². The Morgan fingerprint density at radius 1 is 1.21 bits per heavy atom. The van der Waals surface area contributed by atoms with Crippen LogP contribution in [0.5, 0.6) is 0 Å². The molecule has 0 bridgehead atoms. The molecule has 1 fully saturated rings. The van der Waals surface area contributed by atoms with E-state index in [2.05, 4.69) is 0 Å². The van der Waals surface area contributed by atoms with Crippen LogP contribution in [0.4, 0.5) is 0 Å². The minimum absolute atomic E-state index is 0.331. The van der Waals surface area contributed by atoms with Crippen LogP contribution in [0.1, 0.15) is 30.1 Å². The minimum atomic E-state index is -0.331. The summed E-state index contributed by atoms with van der Waals surface area (Å²) in [5.74, 6) is 0.444. The van der Waals surface area contributed by atoms with Crippen LogP contribution in [0.15, 0.2) is 36.7 Å². The number of rotatable bonds is 4. The summed E-state index contributed by atoms with van der Waals surface area (Å²) in [7, 11) is 0. The third-order valence-electron chi connectivity index (χ3n) is 3.59. The Kier molecular flexibility index (Phi) is 3.57. The van der Waals surface area contributed by atoms with Crippen molar-refractivity contribution in [3.8, 4) is 0 Å². The highest BCUT2D eigenvalue weighted by Gasteiger charge is 2.31. The molecule has 1 aliphatic rings. The number of hydrogen-bond donors (Lipinski definition) is 1. The maximum atomic E-state index is 10.1. The van der Waals surface area contributed by atoms with E-state index in [-0.39, 0.29) is 6.10 Å². The van der Waals surface area contributed by atoms with Gasteiger partial charge >= 0.3 is 0 Å². The summed E-state index contributed by atoms with van der Waals surface area (Å²) < 4.78 is 2.01. The zero-order valence-corrected chi connectivity index (χ0v) is 11.9. The third kappa shape index (κ3) is 2.81. The van der Waals surface area contributed by atoms with Crippen molar-refractivity contribution in [1.29, 1.82) is 0 Å². The van der Waals surface area contributed by atoms with Gasteiger partial charge in [0.2, 0.25) is 0 Å². The van der Waals surface area contributed by atoms with E-state index in [1.165, 1.54) is 0 Å². The Hall–Kier alpha value is -0.960. The molecular formula is C15H15Cl2NO. The highest BCUT2D eigenvalue weighted by Crippen LogP contribution is 2.41. The molecule has 0 spiro atoms. The van der Waals surface area contributed by atoms with Crippen LogP contribution < -0.4 is 0 Å². The van der Waals surface area contributed by atoms with Gasteiger partial charge in [-0.2, -0.15) is 0 Å². The predicted molar refractivity (Wildman–Crippen MR) is 77.7 cm³/mol. The second kappa shape index (κ2) is 5.20. The zero-order chi connectivity index (χ0) is 13.4. The number of aliphatic hydroxyl groups is 1. The molecule has 19 heavy (non-hydrogen) atoms. The van der Waals surface area contributed by atoms with Crippen LogP contribution in [0.2, 0.25) is 10.0 Å². The molecule has 0 aliphatic heterocycles. The molecule has 1 atom stereocenters. The first-order valence-corrected chi connectivity index (χ1v) is 7.17. The van der Waals surface area contributed by atoms with Crippen LogP contribution in [0.3, 0.4) is 0 Å². The molecule has 3 rings (SSSR count). The minimum Gasteiger partial charge on any atom is -0.388 e. The van der Waals surface area contributed by atoms with Crippen LogP contribution in [0, 0.1) is 5.92 Å². The average molecular weight is 296 g/mol. The maximum Gasteiger partial charge on any atom is 0.0832 e. The van der Waals surface area contributed by atoms with Crippen LogP contribution >= 0.6 is 23.2 Å². The summed E-state index contributed by atoms with van der Waals surface area (Å²) in [6.45, 7) is 0.621. The van der Waals surface area contributed by atoms with Gasteiger partial charge in [0.1, 0.15) is 0 Å². The zero-order valence-electron chi connectivity index (χ0n) is 10.4. The standard InChI is InChI=1S/C15H15Cl2NO/c16-13-2-1-3-14(17)12(13)9-18-7-6-11(8-18)15(19)10-4-5-10/h1-3,6-8,10,15,19H,4-5,9H2. The summed E-state index contributed by atoms with van der Waals surface area (Å²) in [6.07, 6.45) is 5.86. The largest absolute Gasteiger partial charge is 0.388 e. The first-order valence-electron chi connectivity index (χ1n) is 6.42. The Morgan fingerprint density at radius 2 is 1.89 bits per heavy atom. The number of nitrogens with zero attached hydrogens (tertiary/aromatic N) is 1. The van der Waals surface area contributed by atoms with E-state index < -0.39 is 0 Å². The summed E-state index contributed by atoms with van der Waals surface area (Å²) >= 11 is 12.3. The number of hydrogen-bond acceptors (Lipinski definition) is 1. The molecule has 1 saturated carbocycles. The highest BCUT2D eigenvalue weighted by molar-refractivity contribution is 6.35. The fourth-order valence-electron chi connectivity index (χ4n) is 2.28. The summed E-state index contributed by atoms with van der Waals surface area (Å²) in [6, 6.07) is 7.48. The lowest BCUT2D eigenvalue weighted by Crippen LogP contribution is -2.00. The lowest BCUT2D eigenvalue weighted by molar-refractivity contribution is 0.154. The molecule has 100 valence electrons. The monoisotopic (exact) mass is 295 g/mol. The van der Waals surface area contributed by atoms with Crippen molar-refractivity contribution >= 4 is 23.2 Å². The fourth-order valence-corrected chi connectivity index (χ4v) is 2.80. The molecule has 2 aromatic rings. The number of aromatic nitrogens is 1. The lowest BCUT2D eigenvalue weighted by atomic mass is 10.1. The maximum absolute atomic E-state index is 10.1. The van der Waals surface area contributed by atoms with Crippen molar-refractivity contribution in [2.75, 3.05) is 0 Å². The van der Waals surface area contributed by atoms with E-state index in [4.69, 9.17) is 23.2 Å². The molecular weight excluding hydrogens is 281 g/mol. The molecule has 1 aromatic heterocycles. The topological polar surface area (TPSA) is 25.2 Å². The Morgan fingerprint density at radius 3 is 2.53 bits per heavy atom. The van der Waals surface area contributed by atoms with Crippen LogP contribution in [0.25, 0.3) is 0 Å². The van der Waals surface area contributed by atoms with Gasteiger partial charge in [0.25, 0.3) is 0 Å². The number of aliphatic hydroxyl groups excluding tert-OH is 1. The second-order valence-electron chi connectivity index (χ2n) is 5.10. The van der Waals surface area contributed by atoms with Crippen molar-refractivity contribution in [3.05, 3.63) is 57.8 Å². The van der Waals surface area contributed by atoms with Gasteiger partial charge in [-0.15, -0.1) is 0 Å². The van der Waals surface area contributed by atoms with Gasteiger partial charge in [0.15, 0.2) is 0 Å². The Labute approximate surface area is 122 Å². The van der Waals surface area contributed by atoms with Crippen molar-refractivity contribution in [2.45, 2.75) is 25.5 Å². The van der Waals surface area contributed by atoms with Crippen molar-refractivity contribution in [3.63, 3.8) is 0 Å². The van der Waals surface area contributed by atoms with Gasteiger partial charge in [-0.1, -0.05) is 29.3 Å². The molecule has 0 radical (unpaired) electrons. The summed E-state index contributed by atoms with van der Waals surface area (Å²) in [4.78, 5) is 0. The SMILES string of the molecule is OC(c1ccn(Cc2c(Cl)cccc2Cl)c1)C1CC1. The first kappa shape index (κ1) is 13.0. The molecule has 0 amide bonds. The van der Waals surface area contributed by atoms with E-state index in [9.17, 15) is 5.11 Å². The number of halogens is 2. The van der Waals surface area contributed by atoms with E-state index in [1.54, 1.807) is 0 Å². The molecule has 2 nitrogen and oxygen atoms in total. The molecule has 1 heterocycles. The molecule has 0 saturated heterocycles. The Bertz CT molecular complexity index is 569. The van der Waals surface area contributed by atoms with E-state index in [0.717, 1.165) is 24.0 Å². The van der Waals surface area contributed by atoms with Crippen molar-refractivity contribution in [1.82, 2.24) is 4.57 Å². The lowest BCUT2D eigenvalue weighted by Gasteiger charge is -2.09. The summed E-state index contributed by atoms with van der Waals surface area (Å²) in [5, 5.41) is 11.4. The van der Waals surface area contributed by atoms with Crippen molar-refractivity contribution in [2.24, 2.45) is 5.92 Å². The molecule has 1 aromatic carbocycles. The first-order chi connectivity index (χ1) is 9.15. The van der Waals surface area contributed by atoms with Gasteiger partial charge in [-0.3, -0.25) is 0 Å². The van der Waals surface area contributed by atoms with E-state index in [0.29, 0.717) is 22.5 Å². The van der Waals surface area contributed by atoms with Gasteiger partial charge in [-0.05, 0) is 42.5 Å².